The van der Waals surface area contributed by atoms with Crippen molar-refractivity contribution in [3.8, 4) is 0 Å². The van der Waals surface area contributed by atoms with E-state index in [2.05, 4.69) is 5.10 Å². The molecule has 0 atom stereocenters. The monoisotopic (exact) mass is 198 g/mol. The molecule has 0 spiro atoms. The molecule has 0 aliphatic carbocycles. The Hall–Kier alpha value is -1.52. The van der Waals surface area contributed by atoms with E-state index in [4.69, 9.17) is 5.11 Å². The minimum absolute atomic E-state index is 0.0567. The van der Waals surface area contributed by atoms with Gasteiger partial charge in [0, 0.05) is 12.6 Å². The van der Waals surface area contributed by atoms with Crippen molar-refractivity contribution in [3.05, 3.63) is 22.1 Å². The number of aromatic amines is 1. The lowest BCUT2D eigenvalue weighted by atomic mass is 10.1. The molecule has 2 N–H and O–H groups in total. The van der Waals surface area contributed by atoms with Crippen molar-refractivity contribution in [1.82, 2.24) is 9.78 Å². The Kier molecular flexibility index (Phi) is 3.11. The van der Waals surface area contributed by atoms with Crippen LogP contribution in [0.25, 0.3) is 0 Å². The van der Waals surface area contributed by atoms with E-state index in [9.17, 15) is 9.59 Å². The molecular weight excluding hydrogens is 184 g/mol. The summed E-state index contributed by atoms with van der Waals surface area (Å²) in [5.74, 6) is -0.621. The minimum atomic E-state index is -1.11. The Bertz CT molecular complexity index is 376. The predicted octanol–water partition coefficient (Wildman–Crippen LogP) is 0.921. The normalized spacial score (nSPS) is 10.8. The van der Waals surface area contributed by atoms with Crippen LogP contribution in [0.15, 0.2) is 10.9 Å². The SMILES string of the molecule is CC(C)CCn1[nH]c(C(=O)O)cc1=O. The minimum Gasteiger partial charge on any atom is -0.477 e. The zero-order valence-electron chi connectivity index (χ0n) is 8.28. The van der Waals surface area contributed by atoms with Crippen LogP contribution in [0.2, 0.25) is 0 Å². The lowest BCUT2D eigenvalue weighted by Gasteiger charge is -2.04. The highest BCUT2D eigenvalue weighted by Crippen LogP contribution is 2.00. The van der Waals surface area contributed by atoms with Crippen LogP contribution in [-0.4, -0.2) is 20.9 Å². The van der Waals surface area contributed by atoms with E-state index in [-0.39, 0.29) is 11.3 Å². The number of carboxylic acid groups (broad SMARTS) is 1. The van der Waals surface area contributed by atoms with Gasteiger partial charge >= 0.3 is 5.97 Å². The lowest BCUT2D eigenvalue weighted by Crippen LogP contribution is -2.16. The highest BCUT2D eigenvalue weighted by Gasteiger charge is 2.08. The Morgan fingerprint density at radius 1 is 1.64 bits per heavy atom. The second-order valence-electron chi connectivity index (χ2n) is 3.65. The molecule has 0 unspecified atom stereocenters. The molecule has 14 heavy (non-hydrogen) atoms. The first-order valence-electron chi connectivity index (χ1n) is 4.54. The van der Waals surface area contributed by atoms with Crippen molar-refractivity contribution in [2.45, 2.75) is 26.8 Å². The molecule has 1 aromatic rings. The number of hydrogen-bond acceptors (Lipinski definition) is 2. The molecule has 0 saturated heterocycles. The summed E-state index contributed by atoms with van der Waals surface area (Å²) in [6.07, 6.45) is 0.847. The number of H-pyrrole nitrogens is 1. The Morgan fingerprint density at radius 2 is 2.29 bits per heavy atom. The van der Waals surface area contributed by atoms with Crippen molar-refractivity contribution in [3.63, 3.8) is 0 Å². The molecule has 78 valence electrons. The quantitative estimate of drug-likeness (QED) is 0.755. The maximum atomic E-state index is 11.2. The largest absolute Gasteiger partial charge is 0.477 e. The van der Waals surface area contributed by atoms with Gasteiger partial charge in [-0.2, -0.15) is 0 Å². The highest BCUT2D eigenvalue weighted by molar-refractivity contribution is 5.84. The molecule has 1 heterocycles. The van der Waals surface area contributed by atoms with Gasteiger partial charge < -0.3 is 5.11 Å². The molecule has 1 aromatic heterocycles. The second-order valence-corrected chi connectivity index (χ2v) is 3.65. The van der Waals surface area contributed by atoms with Crippen LogP contribution in [0, 0.1) is 5.92 Å². The maximum Gasteiger partial charge on any atom is 0.353 e. The van der Waals surface area contributed by atoms with Crippen molar-refractivity contribution >= 4 is 5.97 Å². The molecule has 0 bridgehead atoms. The summed E-state index contributed by atoms with van der Waals surface area (Å²) in [6, 6.07) is 1.10. The van der Waals surface area contributed by atoms with Crippen molar-refractivity contribution in [2.75, 3.05) is 0 Å². The third-order valence-corrected chi connectivity index (χ3v) is 1.95. The van der Waals surface area contributed by atoms with E-state index in [0.29, 0.717) is 12.5 Å². The number of nitrogens with zero attached hydrogens (tertiary/aromatic N) is 1. The zero-order chi connectivity index (χ0) is 10.7. The first-order chi connectivity index (χ1) is 6.50. The number of carbonyl (C=O) groups is 1. The Balaban J connectivity index is 2.78. The zero-order valence-corrected chi connectivity index (χ0v) is 8.28. The first kappa shape index (κ1) is 10.6. The van der Waals surface area contributed by atoms with E-state index < -0.39 is 5.97 Å². The molecule has 1 rings (SSSR count). The van der Waals surface area contributed by atoms with Gasteiger partial charge in [-0.05, 0) is 12.3 Å². The van der Waals surface area contributed by atoms with Gasteiger partial charge in [0.2, 0.25) is 0 Å². The average molecular weight is 198 g/mol. The molecule has 0 radical (unpaired) electrons. The lowest BCUT2D eigenvalue weighted by molar-refractivity contribution is 0.0689. The fraction of sp³-hybridized carbons (Fsp3) is 0.556. The molecule has 0 saturated carbocycles. The van der Waals surface area contributed by atoms with Crippen LogP contribution in [-0.2, 0) is 6.54 Å². The fourth-order valence-electron chi connectivity index (χ4n) is 1.10. The van der Waals surface area contributed by atoms with Crippen LogP contribution in [0.5, 0.6) is 0 Å². The number of aromatic carboxylic acids is 1. The van der Waals surface area contributed by atoms with Crippen LogP contribution in [0.4, 0.5) is 0 Å². The summed E-state index contributed by atoms with van der Waals surface area (Å²) in [5, 5.41) is 11.2. The predicted molar refractivity (Wildman–Crippen MR) is 51.5 cm³/mol. The van der Waals surface area contributed by atoms with Gasteiger partial charge in [-0.15, -0.1) is 0 Å². The number of carboxylic acids is 1. The first-order valence-corrected chi connectivity index (χ1v) is 4.54. The molecule has 0 aromatic carbocycles. The summed E-state index contributed by atoms with van der Waals surface area (Å²) in [4.78, 5) is 21.7. The van der Waals surface area contributed by atoms with E-state index in [1.54, 1.807) is 0 Å². The van der Waals surface area contributed by atoms with Gasteiger partial charge in [-0.3, -0.25) is 14.6 Å². The maximum absolute atomic E-state index is 11.2. The molecule has 0 fully saturated rings. The van der Waals surface area contributed by atoms with Crippen molar-refractivity contribution in [2.24, 2.45) is 5.92 Å². The van der Waals surface area contributed by atoms with E-state index >= 15 is 0 Å². The smallest absolute Gasteiger partial charge is 0.353 e. The summed E-state index contributed by atoms with van der Waals surface area (Å²) in [6.45, 7) is 4.63. The summed E-state index contributed by atoms with van der Waals surface area (Å²) in [5.41, 5.74) is -0.346. The van der Waals surface area contributed by atoms with E-state index in [0.717, 1.165) is 12.5 Å². The standard InChI is InChI=1S/C9H14N2O3/c1-6(2)3-4-11-8(12)5-7(10-11)9(13)14/h5-6,10H,3-4H2,1-2H3,(H,13,14). The van der Waals surface area contributed by atoms with Crippen LogP contribution >= 0.6 is 0 Å². The Morgan fingerprint density at radius 3 is 2.71 bits per heavy atom. The van der Waals surface area contributed by atoms with Gasteiger partial charge in [0.15, 0.2) is 0 Å². The van der Waals surface area contributed by atoms with Gasteiger partial charge in [0.25, 0.3) is 5.56 Å². The second kappa shape index (κ2) is 4.13. The van der Waals surface area contributed by atoms with Gasteiger partial charge in [-0.1, -0.05) is 13.8 Å². The van der Waals surface area contributed by atoms with Gasteiger partial charge in [0.1, 0.15) is 5.69 Å². The Labute approximate surface area is 81.3 Å². The third kappa shape index (κ3) is 2.48. The fourth-order valence-corrected chi connectivity index (χ4v) is 1.10. The molecule has 0 aliphatic rings. The van der Waals surface area contributed by atoms with Crippen LogP contribution < -0.4 is 5.56 Å². The molecule has 0 amide bonds. The molecule has 0 aliphatic heterocycles. The number of aryl methyl sites for hydroxylation is 1. The molecule has 5 heteroatoms. The van der Waals surface area contributed by atoms with Crippen molar-refractivity contribution in [1.29, 1.82) is 0 Å². The molecular formula is C9H14N2O3. The molecule has 5 nitrogen and oxygen atoms in total. The summed E-state index contributed by atoms with van der Waals surface area (Å²) >= 11 is 0. The average Bonchev–Trinajstić information content (AvgIpc) is 2.43. The number of nitrogens with one attached hydrogen (secondary N) is 1. The highest BCUT2D eigenvalue weighted by atomic mass is 16.4. The van der Waals surface area contributed by atoms with Crippen LogP contribution in [0.3, 0.4) is 0 Å². The van der Waals surface area contributed by atoms with Crippen molar-refractivity contribution < 1.29 is 9.90 Å². The van der Waals surface area contributed by atoms with Gasteiger partial charge in [-0.25, -0.2) is 4.79 Å². The third-order valence-electron chi connectivity index (χ3n) is 1.95. The van der Waals surface area contributed by atoms with E-state index in [1.165, 1.54) is 4.68 Å². The van der Waals surface area contributed by atoms with Crippen LogP contribution in [0.1, 0.15) is 30.8 Å². The number of rotatable bonds is 4. The van der Waals surface area contributed by atoms with Gasteiger partial charge in [0.05, 0.1) is 0 Å². The summed E-state index contributed by atoms with van der Waals surface area (Å²) in [7, 11) is 0. The number of hydrogen-bond donors (Lipinski definition) is 2. The topological polar surface area (TPSA) is 75.1 Å². The van der Waals surface area contributed by atoms with E-state index in [1.807, 2.05) is 13.8 Å². The summed E-state index contributed by atoms with van der Waals surface area (Å²) < 4.78 is 1.32. The number of aromatic nitrogens is 2.